The molecule has 0 aliphatic rings. The topological polar surface area (TPSA) is 25.2 Å². The monoisotopic (exact) mass is 211 g/mol. The first kappa shape index (κ1) is 10.1. The minimum atomic E-state index is -0.621. The Labute approximate surface area is 85.9 Å². The molecule has 0 amide bonds. The third-order valence-corrected chi connectivity index (χ3v) is 2.38. The van der Waals surface area contributed by atoms with E-state index >= 15 is 0 Å². The molecule has 1 aromatic heterocycles. The van der Waals surface area contributed by atoms with Gasteiger partial charge in [0.2, 0.25) is 0 Å². The Kier molecular flexibility index (Phi) is 2.44. The molecule has 2 rings (SSSR count). The van der Waals surface area contributed by atoms with Crippen LogP contribution >= 0.6 is 0 Å². The van der Waals surface area contributed by atoms with Crippen molar-refractivity contribution in [2.45, 2.75) is 13.5 Å². The van der Waals surface area contributed by atoms with E-state index < -0.39 is 11.6 Å². The lowest BCUT2D eigenvalue weighted by Crippen LogP contribution is -2.04. The van der Waals surface area contributed by atoms with Crippen LogP contribution in [0.1, 0.15) is 11.3 Å². The summed E-state index contributed by atoms with van der Waals surface area (Å²) in [6.45, 7) is 2.26. The van der Waals surface area contributed by atoms with Gasteiger partial charge in [0, 0.05) is 17.7 Å². The predicted molar refractivity (Wildman–Crippen MR) is 53.6 cm³/mol. The van der Waals surface area contributed by atoms with Crippen molar-refractivity contribution in [3.63, 3.8) is 0 Å². The Balaban J connectivity index is 2.70. The van der Waals surface area contributed by atoms with Crippen LogP contribution in [0.4, 0.5) is 8.78 Å². The van der Waals surface area contributed by atoms with Crippen LogP contribution in [0, 0.1) is 18.6 Å². The summed E-state index contributed by atoms with van der Waals surface area (Å²) in [7, 11) is 1.77. The van der Waals surface area contributed by atoms with Crippen molar-refractivity contribution in [2.75, 3.05) is 7.05 Å². The maximum atomic E-state index is 13.4. The number of hydrogen-bond acceptors (Lipinski definition) is 2. The Bertz CT molecular complexity index is 505. The Hall–Kier alpha value is -1.42. The summed E-state index contributed by atoms with van der Waals surface area (Å²) in [5.41, 5.74) is 0.979. The van der Waals surface area contributed by atoms with E-state index in [1.807, 2.05) is 0 Å². The van der Waals surface area contributed by atoms with Crippen LogP contribution < -0.4 is 5.32 Å². The first-order valence-corrected chi connectivity index (χ1v) is 4.65. The number of fused-ring (bicyclic) bond motifs is 1. The molecule has 0 bridgehead atoms. The molecule has 1 N–H and O–H groups in total. The molecule has 0 aliphatic carbocycles. The van der Waals surface area contributed by atoms with Crippen LogP contribution in [-0.2, 0) is 6.54 Å². The highest BCUT2D eigenvalue weighted by molar-refractivity contribution is 5.82. The van der Waals surface area contributed by atoms with Crippen LogP contribution in [0.15, 0.2) is 16.5 Å². The molecule has 1 heterocycles. The maximum Gasteiger partial charge on any atom is 0.140 e. The lowest BCUT2D eigenvalue weighted by molar-refractivity contribution is 0.522. The summed E-state index contributed by atoms with van der Waals surface area (Å²) < 4.78 is 31.7. The first-order chi connectivity index (χ1) is 7.13. The highest BCUT2D eigenvalue weighted by atomic mass is 19.1. The molecule has 1 aromatic carbocycles. The van der Waals surface area contributed by atoms with E-state index in [4.69, 9.17) is 4.42 Å². The van der Waals surface area contributed by atoms with E-state index in [0.717, 1.165) is 11.6 Å². The maximum absolute atomic E-state index is 13.4. The number of benzene rings is 1. The van der Waals surface area contributed by atoms with Crippen LogP contribution in [-0.4, -0.2) is 7.05 Å². The van der Waals surface area contributed by atoms with Gasteiger partial charge in [0.05, 0.1) is 11.9 Å². The molecule has 80 valence electrons. The molecule has 0 aliphatic heterocycles. The number of halogens is 2. The number of hydrogen-bond donors (Lipinski definition) is 1. The lowest BCUT2D eigenvalue weighted by atomic mass is 10.1. The SMILES string of the molecule is CNCc1oc2cc(F)cc(F)c2c1C. The highest BCUT2D eigenvalue weighted by Crippen LogP contribution is 2.28. The molecule has 0 saturated carbocycles. The van der Waals surface area contributed by atoms with Crippen molar-refractivity contribution in [1.29, 1.82) is 0 Å². The van der Waals surface area contributed by atoms with Crippen molar-refractivity contribution in [2.24, 2.45) is 0 Å². The summed E-state index contributed by atoms with van der Waals surface area (Å²) >= 11 is 0. The highest BCUT2D eigenvalue weighted by Gasteiger charge is 2.14. The lowest BCUT2D eigenvalue weighted by Gasteiger charge is -1.95. The van der Waals surface area contributed by atoms with Gasteiger partial charge in [0.1, 0.15) is 23.0 Å². The van der Waals surface area contributed by atoms with Crippen LogP contribution in [0.25, 0.3) is 11.0 Å². The van der Waals surface area contributed by atoms with Gasteiger partial charge in [0.25, 0.3) is 0 Å². The zero-order valence-corrected chi connectivity index (χ0v) is 8.53. The Morgan fingerprint density at radius 2 is 2.07 bits per heavy atom. The van der Waals surface area contributed by atoms with E-state index in [1.54, 1.807) is 14.0 Å². The fraction of sp³-hybridized carbons (Fsp3) is 0.273. The fourth-order valence-corrected chi connectivity index (χ4v) is 1.67. The molecular weight excluding hydrogens is 200 g/mol. The number of nitrogens with one attached hydrogen (secondary N) is 1. The Morgan fingerprint density at radius 1 is 1.33 bits per heavy atom. The van der Waals surface area contributed by atoms with Gasteiger partial charge >= 0.3 is 0 Å². The first-order valence-electron chi connectivity index (χ1n) is 4.65. The molecular formula is C11H11F2NO. The van der Waals surface area contributed by atoms with Crippen molar-refractivity contribution < 1.29 is 13.2 Å². The molecule has 4 heteroatoms. The van der Waals surface area contributed by atoms with Crippen molar-refractivity contribution in [3.05, 3.63) is 35.1 Å². The molecule has 0 atom stereocenters. The summed E-state index contributed by atoms with van der Waals surface area (Å²) in [5, 5.41) is 3.27. The van der Waals surface area contributed by atoms with Crippen LogP contribution in [0.3, 0.4) is 0 Å². The molecule has 0 unspecified atom stereocenters. The van der Waals surface area contributed by atoms with Gasteiger partial charge in [0.15, 0.2) is 0 Å². The predicted octanol–water partition coefficient (Wildman–Crippen LogP) is 2.74. The third-order valence-electron chi connectivity index (χ3n) is 2.38. The van der Waals surface area contributed by atoms with Gasteiger partial charge in [-0.05, 0) is 14.0 Å². The van der Waals surface area contributed by atoms with Crippen molar-refractivity contribution >= 4 is 11.0 Å². The van der Waals surface area contributed by atoms with E-state index in [9.17, 15) is 8.78 Å². The van der Waals surface area contributed by atoms with Crippen molar-refractivity contribution in [1.82, 2.24) is 5.32 Å². The van der Waals surface area contributed by atoms with E-state index in [-0.39, 0.29) is 5.58 Å². The number of rotatable bonds is 2. The molecule has 2 nitrogen and oxygen atoms in total. The second kappa shape index (κ2) is 3.62. The average Bonchev–Trinajstić information content (AvgIpc) is 2.43. The van der Waals surface area contributed by atoms with E-state index in [0.29, 0.717) is 17.7 Å². The fourth-order valence-electron chi connectivity index (χ4n) is 1.67. The summed E-state index contributed by atoms with van der Waals surface area (Å²) in [4.78, 5) is 0. The zero-order valence-electron chi connectivity index (χ0n) is 8.53. The van der Waals surface area contributed by atoms with Crippen LogP contribution in [0.5, 0.6) is 0 Å². The standard InChI is InChI=1S/C11H11F2NO/c1-6-10(5-14-2)15-9-4-7(12)3-8(13)11(6)9/h3-4,14H,5H2,1-2H3. The van der Waals surface area contributed by atoms with Gasteiger partial charge in [-0.3, -0.25) is 0 Å². The molecule has 0 saturated heterocycles. The summed E-state index contributed by atoms with van der Waals surface area (Å²) in [5.74, 6) is -0.560. The smallest absolute Gasteiger partial charge is 0.140 e. The van der Waals surface area contributed by atoms with Gasteiger partial charge in [-0.1, -0.05) is 0 Å². The minimum Gasteiger partial charge on any atom is -0.459 e. The average molecular weight is 211 g/mol. The molecule has 0 radical (unpaired) electrons. The zero-order chi connectivity index (χ0) is 11.0. The second-order valence-corrected chi connectivity index (χ2v) is 3.44. The Morgan fingerprint density at radius 3 is 2.73 bits per heavy atom. The molecule has 2 aromatic rings. The molecule has 15 heavy (non-hydrogen) atoms. The van der Waals surface area contributed by atoms with Gasteiger partial charge in [-0.15, -0.1) is 0 Å². The van der Waals surface area contributed by atoms with Gasteiger partial charge in [-0.2, -0.15) is 0 Å². The summed E-state index contributed by atoms with van der Waals surface area (Å²) in [6.07, 6.45) is 0. The van der Waals surface area contributed by atoms with Crippen LogP contribution in [0.2, 0.25) is 0 Å². The minimum absolute atomic E-state index is 0.259. The van der Waals surface area contributed by atoms with E-state index in [1.165, 1.54) is 6.07 Å². The molecule has 0 spiro atoms. The number of furan rings is 1. The van der Waals surface area contributed by atoms with Gasteiger partial charge in [-0.25, -0.2) is 8.78 Å². The third kappa shape index (κ3) is 1.61. The van der Waals surface area contributed by atoms with Crippen molar-refractivity contribution in [3.8, 4) is 0 Å². The van der Waals surface area contributed by atoms with E-state index in [2.05, 4.69) is 5.32 Å². The quantitative estimate of drug-likeness (QED) is 0.826. The van der Waals surface area contributed by atoms with Gasteiger partial charge < -0.3 is 9.73 Å². The normalized spacial score (nSPS) is 11.2. The largest absolute Gasteiger partial charge is 0.459 e. The second-order valence-electron chi connectivity index (χ2n) is 3.44. The number of aryl methyl sites for hydroxylation is 1. The molecule has 0 fully saturated rings. The summed E-state index contributed by atoms with van der Waals surface area (Å²) in [6, 6.07) is 2.07.